The van der Waals surface area contributed by atoms with Crippen LogP contribution in [-0.2, 0) is 4.79 Å². The van der Waals surface area contributed by atoms with Crippen molar-refractivity contribution in [2.75, 3.05) is 6.61 Å². The predicted molar refractivity (Wildman–Crippen MR) is 136 cm³/mol. The minimum atomic E-state index is -0.257. The molecule has 8 atom stereocenters. The molecular weight excluding hydrogens is 404 g/mol. The highest BCUT2D eigenvalue weighted by Crippen LogP contribution is 2.76. The molecule has 0 bridgehead atoms. The van der Waals surface area contributed by atoms with Crippen LogP contribution >= 0.6 is 0 Å². The molecule has 186 valence electrons. The van der Waals surface area contributed by atoms with E-state index in [1.807, 2.05) is 0 Å². The number of Topliss-reactive ketones (excluding diaryl/α,β-unsaturated/α-hetero) is 1. The van der Waals surface area contributed by atoms with Crippen molar-refractivity contribution >= 4 is 5.78 Å². The van der Waals surface area contributed by atoms with Crippen LogP contribution in [0.1, 0.15) is 113 Å². The number of aliphatic hydroxyl groups excluding tert-OH is 1. The van der Waals surface area contributed by atoms with Crippen LogP contribution in [0.4, 0.5) is 0 Å². The maximum absolute atomic E-state index is 13.3. The first-order chi connectivity index (χ1) is 15.3. The lowest BCUT2D eigenvalue weighted by Crippen LogP contribution is -2.65. The molecule has 2 heteroatoms. The third-order valence-electron chi connectivity index (χ3n) is 13.4. The SMILES string of the molecule is CC(C)C1=C2[C@H]3CC[C@@H]4[C@@]5(C)CC[C@H](C)C(C)(C)[C@@H]5CC[C@@]4(C)[C@]3(C)CC[C@@]2(CO)CC1=O. The molecule has 0 amide bonds. The zero-order valence-corrected chi connectivity index (χ0v) is 22.8. The number of carbonyl (C=O) groups excluding carboxylic acids is 1. The van der Waals surface area contributed by atoms with E-state index in [0.29, 0.717) is 34.4 Å². The molecule has 0 saturated heterocycles. The Morgan fingerprint density at radius 1 is 0.879 bits per heavy atom. The molecule has 2 nitrogen and oxygen atoms in total. The van der Waals surface area contributed by atoms with E-state index in [9.17, 15) is 9.90 Å². The molecule has 0 aliphatic heterocycles. The Morgan fingerprint density at radius 3 is 2.21 bits per heavy atom. The molecule has 0 heterocycles. The van der Waals surface area contributed by atoms with E-state index < -0.39 is 0 Å². The molecule has 0 radical (unpaired) electrons. The molecule has 5 rings (SSSR count). The average Bonchev–Trinajstić information content (AvgIpc) is 3.04. The number of aliphatic hydroxyl groups is 1. The second kappa shape index (κ2) is 7.21. The molecule has 0 unspecified atom stereocenters. The Morgan fingerprint density at radius 2 is 1.58 bits per heavy atom. The summed E-state index contributed by atoms with van der Waals surface area (Å²) in [7, 11) is 0. The van der Waals surface area contributed by atoms with E-state index in [1.54, 1.807) is 0 Å². The van der Waals surface area contributed by atoms with Gasteiger partial charge in [0.2, 0.25) is 0 Å². The van der Waals surface area contributed by atoms with Crippen molar-refractivity contribution in [1.29, 1.82) is 0 Å². The van der Waals surface area contributed by atoms with Gasteiger partial charge in [-0.15, -0.1) is 0 Å². The number of ketones is 1. The molecule has 0 aromatic heterocycles. The lowest BCUT2D eigenvalue weighted by molar-refractivity contribution is -0.220. The molecule has 0 spiro atoms. The largest absolute Gasteiger partial charge is 0.395 e. The Kier molecular flexibility index (Phi) is 5.26. The van der Waals surface area contributed by atoms with Gasteiger partial charge in [0.25, 0.3) is 0 Å². The van der Waals surface area contributed by atoms with Crippen LogP contribution in [0.15, 0.2) is 11.1 Å². The van der Waals surface area contributed by atoms with E-state index in [4.69, 9.17) is 0 Å². The van der Waals surface area contributed by atoms with Gasteiger partial charge in [0.05, 0.1) is 6.61 Å². The zero-order chi connectivity index (χ0) is 24.2. The Balaban J connectivity index is 1.60. The number of hydrogen-bond acceptors (Lipinski definition) is 2. The van der Waals surface area contributed by atoms with Gasteiger partial charge in [-0.1, -0.05) is 61.0 Å². The third kappa shape index (κ3) is 2.80. The van der Waals surface area contributed by atoms with E-state index in [1.165, 1.54) is 50.5 Å². The molecule has 1 N–H and O–H groups in total. The summed E-state index contributed by atoms with van der Waals surface area (Å²) in [6.07, 6.45) is 10.7. The van der Waals surface area contributed by atoms with Crippen molar-refractivity contribution < 1.29 is 9.90 Å². The first kappa shape index (κ1) is 24.1. The molecule has 0 aromatic rings. The van der Waals surface area contributed by atoms with Crippen LogP contribution in [0, 0.1) is 56.7 Å². The van der Waals surface area contributed by atoms with Gasteiger partial charge in [-0.05, 0) is 108 Å². The average molecular weight is 455 g/mol. The third-order valence-corrected chi connectivity index (χ3v) is 13.4. The summed E-state index contributed by atoms with van der Waals surface area (Å²) in [4.78, 5) is 13.3. The summed E-state index contributed by atoms with van der Waals surface area (Å²) in [6.45, 7) is 20.1. The van der Waals surface area contributed by atoms with Crippen LogP contribution in [0.5, 0.6) is 0 Å². The van der Waals surface area contributed by atoms with Crippen molar-refractivity contribution in [2.24, 2.45) is 56.7 Å². The molecule has 5 aliphatic rings. The van der Waals surface area contributed by atoms with Crippen molar-refractivity contribution in [1.82, 2.24) is 0 Å². The fraction of sp³-hybridized carbons (Fsp3) is 0.903. The van der Waals surface area contributed by atoms with Crippen molar-refractivity contribution in [3.63, 3.8) is 0 Å². The molecule has 4 fully saturated rings. The van der Waals surface area contributed by atoms with Gasteiger partial charge in [0, 0.05) is 11.8 Å². The summed E-state index contributed by atoms with van der Waals surface area (Å²) in [5.74, 6) is 3.49. The minimum Gasteiger partial charge on any atom is -0.395 e. The lowest BCUT2D eigenvalue weighted by atomic mass is 9.32. The summed E-state index contributed by atoms with van der Waals surface area (Å²) < 4.78 is 0. The van der Waals surface area contributed by atoms with Crippen molar-refractivity contribution in [2.45, 2.75) is 113 Å². The zero-order valence-electron chi connectivity index (χ0n) is 22.8. The fourth-order valence-electron chi connectivity index (χ4n) is 11.1. The second-order valence-corrected chi connectivity index (χ2v) is 14.9. The summed E-state index contributed by atoms with van der Waals surface area (Å²) >= 11 is 0. The summed E-state index contributed by atoms with van der Waals surface area (Å²) in [5, 5.41) is 10.6. The normalized spacial score (nSPS) is 51.2. The first-order valence-corrected chi connectivity index (χ1v) is 14.2. The van der Waals surface area contributed by atoms with Gasteiger partial charge in [-0.25, -0.2) is 0 Å². The summed E-state index contributed by atoms with van der Waals surface area (Å²) in [6, 6.07) is 0. The van der Waals surface area contributed by atoms with Gasteiger partial charge in [-0.2, -0.15) is 0 Å². The van der Waals surface area contributed by atoms with Crippen LogP contribution in [0.2, 0.25) is 0 Å². The monoisotopic (exact) mass is 454 g/mol. The van der Waals surface area contributed by atoms with Crippen LogP contribution in [0.3, 0.4) is 0 Å². The number of carbonyl (C=O) groups is 1. The van der Waals surface area contributed by atoms with Crippen LogP contribution < -0.4 is 0 Å². The molecule has 5 aliphatic carbocycles. The van der Waals surface area contributed by atoms with Gasteiger partial charge in [0.15, 0.2) is 5.78 Å². The van der Waals surface area contributed by atoms with Gasteiger partial charge >= 0.3 is 0 Å². The number of rotatable bonds is 2. The van der Waals surface area contributed by atoms with Crippen LogP contribution in [0.25, 0.3) is 0 Å². The van der Waals surface area contributed by atoms with Crippen molar-refractivity contribution in [3.8, 4) is 0 Å². The topological polar surface area (TPSA) is 37.3 Å². The van der Waals surface area contributed by atoms with Gasteiger partial charge in [0.1, 0.15) is 0 Å². The second-order valence-electron chi connectivity index (χ2n) is 14.9. The smallest absolute Gasteiger partial charge is 0.160 e. The van der Waals surface area contributed by atoms with E-state index in [-0.39, 0.29) is 23.4 Å². The van der Waals surface area contributed by atoms with E-state index in [2.05, 4.69) is 55.4 Å². The Hall–Kier alpha value is -0.630. The highest BCUT2D eigenvalue weighted by molar-refractivity contribution is 6.00. The molecule has 33 heavy (non-hydrogen) atoms. The first-order valence-electron chi connectivity index (χ1n) is 14.2. The lowest BCUT2D eigenvalue weighted by Gasteiger charge is -2.72. The maximum atomic E-state index is 13.3. The van der Waals surface area contributed by atoms with Crippen LogP contribution in [-0.4, -0.2) is 17.5 Å². The predicted octanol–water partition coefficient (Wildman–Crippen LogP) is 7.60. The van der Waals surface area contributed by atoms with E-state index >= 15 is 0 Å². The Labute approximate surface area is 203 Å². The van der Waals surface area contributed by atoms with E-state index in [0.717, 1.165) is 29.7 Å². The highest BCUT2D eigenvalue weighted by Gasteiger charge is 2.69. The van der Waals surface area contributed by atoms with Gasteiger partial charge < -0.3 is 5.11 Å². The maximum Gasteiger partial charge on any atom is 0.160 e. The number of hydrogen-bond donors (Lipinski definition) is 1. The highest BCUT2D eigenvalue weighted by atomic mass is 16.3. The number of allylic oxidation sites excluding steroid dienone is 1. The standard InChI is InChI=1S/C31H50O2/c1-19(2)25-22(33)17-31(18-32)16-15-29(7)21(26(25)31)9-10-24-28(6)13-11-20(3)27(4,5)23(28)12-14-30(24,29)8/h19-21,23-24,32H,9-18H2,1-8H3/t20-,21+,23-,24+,28-,29+,30+,31-/m0/s1. The number of fused-ring (bicyclic) bond motifs is 7. The Bertz CT molecular complexity index is 881. The molecular formula is C31H50O2. The fourth-order valence-corrected chi connectivity index (χ4v) is 11.1. The summed E-state index contributed by atoms with van der Waals surface area (Å²) in [5.41, 5.74) is 3.68. The molecule has 4 saturated carbocycles. The van der Waals surface area contributed by atoms with Gasteiger partial charge in [-0.3, -0.25) is 4.79 Å². The quantitative estimate of drug-likeness (QED) is 0.466. The van der Waals surface area contributed by atoms with Crippen molar-refractivity contribution in [3.05, 3.63) is 11.1 Å². The minimum absolute atomic E-state index is 0.156. The molecule has 0 aromatic carbocycles.